The smallest absolute Gasteiger partial charge is 0.222 e. The first kappa shape index (κ1) is 8.71. The van der Waals surface area contributed by atoms with Crippen LogP contribution in [0.4, 0.5) is 11.8 Å². The van der Waals surface area contributed by atoms with Gasteiger partial charge in [0.05, 0.1) is 5.52 Å². The van der Waals surface area contributed by atoms with E-state index in [0.29, 0.717) is 12.4 Å². The van der Waals surface area contributed by atoms with Crippen LogP contribution in [-0.2, 0) is 6.54 Å². The molecule has 1 aromatic carbocycles. The third-order valence-corrected chi connectivity index (χ3v) is 2.04. The highest BCUT2D eigenvalue weighted by Gasteiger charge is 2.03. The van der Waals surface area contributed by atoms with E-state index in [1.165, 1.54) is 0 Å². The van der Waals surface area contributed by atoms with Gasteiger partial charge in [-0.25, -0.2) is 4.98 Å². The molecular formula is C9H11N5. The van der Waals surface area contributed by atoms with Gasteiger partial charge in [-0.15, -0.1) is 0 Å². The second-order valence-electron chi connectivity index (χ2n) is 3.02. The van der Waals surface area contributed by atoms with Crippen molar-refractivity contribution in [3.05, 3.63) is 23.8 Å². The summed E-state index contributed by atoms with van der Waals surface area (Å²) >= 11 is 0. The van der Waals surface area contributed by atoms with Crippen LogP contribution in [0.15, 0.2) is 18.2 Å². The molecule has 0 saturated heterocycles. The second-order valence-corrected chi connectivity index (χ2v) is 3.02. The molecule has 1 aromatic heterocycles. The number of rotatable bonds is 1. The van der Waals surface area contributed by atoms with Gasteiger partial charge < -0.3 is 17.2 Å². The van der Waals surface area contributed by atoms with Gasteiger partial charge in [-0.3, -0.25) is 0 Å². The molecule has 6 N–H and O–H groups in total. The average Bonchev–Trinajstić information content (AvgIpc) is 2.17. The summed E-state index contributed by atoms with van der Waals surface area (Å²) in [4.78, 5) is 7.94. The van der Waals surface area contributed by atoms with Crippen molar-refractivity contribution >= 4 is 22.7 Å². The van der Waals surface area contributed by atoms with Crippen molar-refractivity contribution in [2.75, 3.05) is 11.5 Å². The molecule has 2 aromatic rings. The van der Waals surface area contributed by atoms with Crippen LogP contribution >= 0.6 is 0 Å². The maximum atomic E-state index is 5.71. The van der Waals surface area contributed by atoms with Gasteiger partial charge in [0, 0.05) is 11.9 Å². The van der Waals surface area contributed by atoms with Gasteiger partial charge in [-0.2, -0.15) is 4.98 Å². The number of anilines is 2. The van der Waals surface area contributed by atoms with E-state index in [1.807, 2.05) is 18.2 Å². The molecule has 2 rings (SSSR count). The average molecular weight is 189 g/mol. The molecule has 0 unspecified atom stereocenters. The third kappa shape index (κ3) is 1.33. The van der Waals surface area contributed by atoms with Crippen LogP contribution in [0.25, 0.3) is 10.9 Å². The SMILES string of the molecule is NCc1ccc2nc(N)nc(N)c2c1. The lowest BCUT2D eigenvalue weighted by Crippen LogP contribution is -2.02. The van der Waals surface area contributed by atoms with Crippen molar-refractivity contribution in [3.8, 4) is 0 Å². The number of hydrogen-bond donors (Lipinski definition) is 3. The van der Waals surface area contributed by atoms with E-state index in [2.05, 4.69) is 9.97 Å². The first-order valence-corrected chi connectivity index (χ1v) is 4.22. The molecule has 0 radical (unpaired) electrons. The zero-order chi connectivity index (χ0) is 10.1. The summed E-state index contributed by atoms with van der Waals surface area (Å²) in [7, 11) is 0. The Kier molecular flexibility index (Phi) is 1.94. The Morgan fingerprint density at radius 2 is 1.93 bits per heavy atom. The van der Waals surface area contributed by atoms with Crippen molar-refractivity contribution in [2.45, 2.75) is 6.54 Å². The Morgan fingerprint density at radius 1 is 1.14 bits per heavy atom. The summed E-state index contributed by atoms with van der Waals surface area (Å²) in [6.07, 6.45) is 0. The highest BCUT2D eigenvalue weighted by atomic mass is 15.0. The molecule has 5 heteroatoms. The lowest BCUT2D eigenvalue weighted by Gasteiger charge is -2.03. The van der Waals surface area contributed by atoms with Gasteiger partial charge in [0.25, 0.3) is 0 Å². The summed E-state index contributed by atoms with van der Waals surface area (Å²) in [6, 6.07) is 5.62. The normalized spacial score (nSPS) is 10.6. The molecule has 0 fully saturated rings. The molecule has 0 amide bonds. The molecule has 5 nitrogen and oxygen atoms in total. The fourth-order valence-corrected chi connectivity index (χ4v) is 1.34. The second kappa shape index (κ2) is 3.12. The largest absolute Gasteiger partial charge is 0.383 e. The Bertz CT molecular complexity index is 480. The van der Waals surface area contributed by atoms with Crippen LogP contribution in [0, 0.1) is 0 Å². The van der Waals surface area contributed by atoms with Gasteiger partial charge in [0.2, 0.25) is 5.95 Å². The van der Waals surface area contributed by atoms with Crippen LogP contribution in [-0.4, -0.2) is 9.97 Å². The van der Waals surface area contributed by atoms with Gasteiger partial charge in [-0.1, -0.05) is 6.07 Å². The van der Waals surface area contributed by atoms with Crippen LogP contribution in [0.3, 0.4) is 0 Å². The molecule has 0 atom stereocenters. The zero-order valence-electron chi connectivity index (χ0n) is 7.57. The fourth-order valence-electron chi connectivity index (χ4n) is 1.34. The van der Waals surface area contributed by atoms with Gasteiger partial charge >= 0.3 is 0 Å². The van der Waals surface area contributed by atoms with E-state index in [-0.39, 0.29) is 5.95 Å². The Labute approximate surface area is 80.9 Å². The van der Waals surface area contributed by atoms with Crippen molar-refractivity contribution in [1.82, 2.24) is 9.97 Å². The summed E-state index contributed by atoms with van der Waals surface area (Å²) in [5.74, 6) is 0.582. The number of nitrogens with zero attached hydrogens (tertiary/aromatic N) is 2. The van der Waals surface area contributed by atoms with E-state index in [4.69, 9.17) is 17.2 Å². The summed E-state index contributed by atoms with van der Waals surface area (Å²) in [5, 5.41) is 0.794. The van der Waals surface area contributed by atoms with Gasteiger partial charge in [0.15, 0.2) is 0 Å². The Morgan fingerprint density at radius 3 is 2.64 bits per heavy atom. The van der Waals surface area contributed by atoms with Crippen molar-refractivity contribution in [3.63, 3.8) is 0 Å². The third-order valence-electron chi connectivity index (χ3n) is 2.04. The van der Waals surface area contributed by atoms with Crippen LogP contribution in [0.1, 0.15) is 5.56 Å². The van der Waals surface area contributed by atoms with Gasteiger partial charge in [-0.05, 0) is 17.7 Å². The highest BCUT2D eigenvalue weighted by molar-refractivity contribution is 5.89. The molecule has 0 saturated carbocycles. The van der Waals surface area contributed by atoms with Gasteiger partial charge in [0.1, 0.15) is 5.82 Å². The minimum atomic E-state index is 0.190. The fraction of sp³-hybridized carbons (Fsp3) is 0.111. The van der Waals surface area contributed by atoms with E-state index in [9.17, 15) is 0 Å². The molecule has 0 bridgehead atoms. The number of hydrogen-bond acceptors (Lipinski definition) is 5. The minimum Gasteiger partial charge on any atom is -0.383 e. The number of fused-ring (bicyclic) bond motifs is 1. The molecular weight excluding hydrogens is 178 g/mol. The predicted molar refractivity (Wildman–Crippen MR) is 56.3 cm³/mol. The van der Waals surface area contributed by atoms with E-state index >= 15 is 0 Å². The zero-order valence-corrected chi connectivity index (χ0v) is 7.57. The van der Waals surface area contributed by atoms with Crippen LogP contribution in [0.2, 0.25) is 0 Å². The number of nitrogens with two attached hydrogens (primary N) is 3. The van der Waals surface area contributed by atoms with Crippen LogP contribution < -0.4 is 17.2 Å². The molecule has 0 aliphatic heterocycles. The summed E-state index contributed by atoms with van der Waals surface area (Å²) in [6.45, 7) is 0.472. The molecule has 0 spiro atoms. The lowest BCUT2D eigenvalue weighted by molar-refractivity contribution is 1.07. The Balaban J connectivity index is 2.75. The first-order chi connectivity index (χ1) is 6.70. The van der Waals surface area contributed by atoms with E-state index in [0.717, 1.165) is 16.5 Å². The molecule has 0 aliphatic carbocycles. The molecule has 0 aliphatic rings. The molecule has 72 valence electrons. The van der Waals surface area contributed by atoms with E-state index in [1.54, 1.807) is 0 Å². The Hall–Kier alpha value is -1.88. The number of nitrogen functional groups attached to an aromatic ring is 2. The highest BCUT2D eigenvalue weighted by Crippen LogP contribution is 2.19. The molecule has 1 heterocycles. The standard InChI is InChI=1S/C9H11N5/c10-4-5-1-2-7-6(3-5)8(11)14-9(12)13-7/h1-3H,4,10H2,(H4,11,12,13,14). The monoisotopic (exact) mass is 189 g/mol. The topological polar surface area (TPSA) is 104 Å². The van der Waals surface area contributed by atoms with Crippen molar-refractivity contribution in [1.29, 1.82) is 0 Å². The van der Waals surface area contributed by atoms with Crippen molar-refractivity contribution in [2.24, 2.45) is 5.73 Å². The van der Waals surface area contributed by atoms with Crippen molar-refractivity contribution < 1.29 is 0 Å². The number of aromatic nitrogens is 2. The minimum absolute atomic E-state index is 0.190. The van der Waals surface area contributed by atoms with Crippen LogP contribution in [0.5, 0.6) is 0 Å². The quantitative estimate of drug-likeness (QED) is 0.596. The number of benzene rings is 1. The maximum absolute atomic E-state index is 5.71. The maximum Gasteiger partial charge on any atom is 0.222 e. The summed E-state index contributed by atoms with van der Waals surface area (Å²) in [5.41, 5.74) is 18.4. The summed E-state index contributed by atoms with van der Waals surface area (Å²) < 4.78 is 0. The first-order valence-electron chi connectivity index (χ1n) is 4.22. The lowest BCUT2D eigenvalue weighted by atomic mass is 10.1. The van der Waals surface area contributed by atoms with E-state index < -0.39 is 0 Å². The molecule has 14 heavy (non-hydrogen) atoms. The predicted octanol–water partition coefficient (Wildman–Crippen LogP) is 0.253.